The molecule has 0 aromatic rings. The molecule has 0 amide bonds. The lowest BCUT2D eigenvalue weighted by molar-refractivity contribution is -0.137. The molecule has 0 spiro atoms. The number of Topliss-reactive ketones (excluding diaryl/α,β-unsaturated/α-hetero) is 1. The second kappa shape index (κ2) is 4.41. The minimum absolute atomic E-state index is 0.0150. The quantitative estimate of drug-likeness (QED) is 0.700. The number of carbonyl (C=O) groups excluding carboxylic acids is 2. The van der Waals surface area contributed by atoms with Gasteiger partial charge in [-0.05, 0) is 43.6 Å². The zero-order valence-corrected chi connectivity index (χ0v) is 13.3. The van der Waals surface area contributed by atoms with Crippen LogP contribution in [0.4, 0.5) is 0 Å². The predicted octanol–water partition coefficient (Wildman–Crippen LogP) is 2.83. The fraction of sp³-hybridized carbons (Fsp3) is 0.684. The molecule has 118 valence electrons. The molecule has 0 heterocycles. The van der Waals surface area contributed by atoms with Gasteiger partial charge in [-0.15, -0.1) is 0 Å². The zero-order chi connectivity index (χ0) is 15.7. The molecule has 6 atom stereocenters. The molecule has 0 aromatic carbocycles. The second-order valence-corrected chi connectivity index (χ2v) is 8.14. The first-order chi connectivity index (χ1) is 10.4. The fourth-order valence-electron chi connectivity index (χ4n) is 5.76. The summed E-state index contributed by atoms with van der Waals surface area (Å²) in [6.45, 7) is 4.29. The molecule has 4 aliphatic carbocycles. The Morgan fingerprint density at radius 3 is 2.73 bits per heavy atom. The van der Waals surface area contributed by atoms with Crippen LogP contribution in [0.1, 0.15) is 46.0 Å². The maximum absolute atomic E-state index is 12.8. The average molecular weight is 300 g/mol. The van der Waals surface area contributed by atoms with Gasteiger partial charge >= 0.3 is 0 Å². The van der Waals surface area contributed by atoms with E-state index in [4.69, 9.17) is 0 Å². The van der Waals surface area contributed by atoms with Gasteiger partial charge in [-0.25, -0.2) is 0 Å². The van der Waals surface area contributed by atoms with Crippen molar-refractivity contribution in [3.63, 3.8) is 0 Å². The van der Waals surface area contributed by atoms with Crippen molar-refractivity contribution in [2.24, 2.45) is 28.6 Å². The van der Waals surface area contributed by atoms with Crippen molar-refractivity contribution in [3.05, 3.63) is 23.8 Å². The highest BCUT2D eigenvalue weighted by Crippen LogP contribution is 2.62. The third-order valence-electron chi connectivity index (χ3n) is 7.18. The Hall–Kier alpha value is -1.22. The molecule has 0 saturated heterocycles. The molecule has 4 aliphatic rings. The first-order valence-electron chi connectivity index (χ1n) is 8.52. The topological polar surface area (TPSA) is 54.4 Å². The Morgan fingerprint density at radius 2 is 1.95 bits per heavy atom. The monoisotopic (exact) mass is 300 g/mol. The highest BCUT2D eigenvalue weighted by molar-refractivity contribution is 5.97. The Labute approximate surface area is 131 Å². The summed E-state index contributed by atoms with van der Waals surface area (Å²) >= 11 is 0. The van der Waals surface area contributed by atoms with Crippen LogP contribution in [0.5, 0.6) is 0 Å². The van der Waals surface area contributed by atoms with Crippen molar-refractivity contribution >= 4 is 11.6 Å². The van der Waals surface area contributed by atoms with Crippen molar-refractivity contribution < 1.29 is 14.7 Å². The second-order valence-electron chi connectivity index (χ2n) is 8.14. The normalized spacial score (nSPS) is 50.2. The Bertz CT molecular complexity index is 616. The standard InChI is InChI=1S/C19H24O3/c1-18-7-5-12(20)9-11(18)10-15(21)17-13-3-4-16(22)19(13,2)8-6-14(17)18/h5,7,10,12-14,17,20H,3-4,6,8-9H2,1-2H3/t12-,13+,14+,17+,18+,19+/m1/s1. The Kier molecular flexibility index (Phi) is 2.88. The van der Waals surface area contributed by atoms with Gasteiger partial charge in [-0.3, -0.25) is 9.59 Å². The summed E-state index contributed by atoms with van der Waals surface area (Å²) in [4.78, 5) is 25.2. The summed E-state index contributed by atoms with van der Waals surface area (Å²) in [5.41, 5.74) is 0.683. The van der Waals surface area contributed by atoms with Crippen molar-refractivity contribution in [1.82, 2.24) is 0 Å². The van der Waals surface area contributed by atoms with Crippen molar-refractivity contribution in [1.29, 1.82) is 0 Å². The van der Waals surface area contributed by atoms with Crippen LogP contribution in [-0.4, -0.2) is 22.8 Å². The average Bonchev–Trinajstić information content (AvgIpc) is 2.77. The van der Waals surface area contributed by atoms with Gasteiger partial charge in [0.15, 0.2) is 5.78 Å². The molecule has 4 rings (SSSR count). The fourth-order valence-corrected chi connectivity index (χ4v) is 5.76. The number of rotatable bonds is 0. The minimum Gasteiger partial charge on any atom is -0.389 e. The first-order valence-corrected chi connectivity index (χ1v) is 8.52. The van der Waals surface area contributed by atoms with E-state index < -0.39 is 6.10 Å². The van der Waals surface area contributed by atoms with Gasteiger partial charge in [-0.2, -0.15) is 0 Å². The SMILES string of the molecule is C[C@]12C=C[C@@H](O)CC1=CC(=O)[C@@H]1[C@@H]2CC[C@]2(C)C(=O)CC[C@@H]12. The lowest BCUT2D eigenvalue weighted by atomic mass is 9.49. The summed E-state index contributed by atoms with van der Waals surface area (Å²) in [7, 11) is 0. The molecule has 3 nitrogen and oxygen atoms in total. The zero-order valence-electron chi connectivity index (χ0n) is 13.3. The molecule has 0 radical (unpaired) electrons. The first kappa shape index (κ1) is 14.4. The van der Waals surface area contributed by atoms with Crippen LogP contribution in [0.15, 0.2) is 23.8 Å². The van der Waals surface area contributed by atoms with Gasteiger partial charge in [0, 0.05) is 23.2 Å². The Balaban J connectivity index is 1.79. The molecule has 3 heteroatoms. The molecule has 0 aliphatic heterocycles. The van der Waals surface area contributed by atoms with Crippen LogP contribution in [-0.2, 0) is 9.59 Å². The van der Waals surface area contributed by atoms with E-state index >= 15 is 0 Å². The van der Waals surface area contributed by atoms with Crippen LogP contribution in [0.25, 0.3) is 0 Å². The lowest BCUT2D eigenvalue weighted by Gasteiger charge is -2.54. The van der Waals surface area contributed by atoms with E-state index in [2.05, 4.69) is 19.9 Å². The third-order valence-corrected chi connectivity index (χ3v) is 7.18. The number of aliphatic hydroxyl groups excluding tert-OH is 1. The highest BCUT2D eigenvalue weighted by Gasteiger charge is 2.60. The number of aliphatic hydroxyl groups is 1. The molecule has 0 bridgehead atoms. The summed E-state index contributed by atoms with van der Waals surface area (Å²) in [6.07, 6.45) is 9.26. The van der Waals surface area contributed by atoms with Gasteiger partial charge in [0.1, 0.15) is 5.78 Å². The van der Waals surface area contributed by atoms with E-state index in [1.54, 1.807) is 6.08 Å². The van der Waals surface area contributed by atoms with E-state index in [0.29, 0.717) is 18.6 Å². The van der Waals surface area contributed by atoms with Crippen molar-refractivity contribution in [2.45, 2.75) is 52.1 Å². The van der Waals surface area contributed by atoms with E-state index in [1.807, 2.05) is 6.08 Å². The summed E-state index contributed by atoms with van der Waals surface area (Å²) in [6, 6.07) is 0. The van der Waals surface area contributed by atoms with Crippen LogP contribution >= 0.6 is 0 Å². The van der Waals surface area contributed by atoms with Crippen LogP contribution in [0.3, 0.4) is 0 Å². The van der Waals surface area contributed by atoms with Gasteiger partial charge in [0.25, 0.3) is 0 Å². The van der Waals surface area contributed by atoms with E-state index in [9.17, 15) is 14.7 Å². The van der Waals surface area contributed by atoms with Crippen molar-refractivity contribution in [3.8, 4) is 0 Å². The summed E-state index contributed by atoms with van der Waals surface area (Å²) < 4.78 is 0. The number of carbonyl (C=O) groups is 2. The van der Waals surface area contributed by atoms with Crippen LogP contribution in [0.2, 0.25) is 0 Å². The highest BCUT2D eigenvalue weighted by atomic mass is 16.3. The predicted molar refractivity (Wildman–Crippen MR) is 83.0 cm³/mol. The number of allylic oxidation sites excluding steroid dienone is 2. The molecule has 0 aromatic heterocycles. The minimum atomic E-state index is -0.467. The largest absolute Gasteiger partial charge is 0.389 e. The molecular formula is C19H24O3. The molecular weight excluding hydrogens is 276 g/mol. The van der Waals surface area contributed by atoms with Gasteiger partial charge in [0.2, 0.25) is 0 Å². The maximum Gasteiger partial charge on any atom is 0.159 e. The molecule has 2 saturated carbocycles. The van der Waals surface area contributed by atoms with E-state index in [-0.39, 0.29) is 34.4 Å². The number of hydrogen-bond acceptors (Lipinski definition) is 3. The smallest absolute Gasteiger partial charge is 0.159 e. The molecule has 0 unspecified atom stereocenters. The molecule has 1 N–H and O–H groups in total. The maximum atomic E-state index is 12.8. The van der Waals surface area contributed by atoms with Crippen LogP contribution < -0.4 is 0 Å². The van der Waals surface area contributed by atoms with Crippen LogP contribution in [0, 0.1) is 28.6 Å². The van der Waals surface area contributed by atoms with Gasteiger partial charge in [0.05, 0.1) is 6.10 Å². The number of fused-ring (bicyclic) bond motifs is 5. The number of ketones is 2. The Morgan fingerprint density at radius 1 is 1.18 bits per heavy atom. The number of hydrogen-bond donors (Lipinski definition) is 1. The molecule has 22 heavy (non-hydrogen) atoms. The third kappa shape index (κ3) is 1.66. The van der Waals surface area contributed by atoms with E-state index in [0.717, 1.165) is 24.8 Å². The molecule has 2 fully saturated rings. The van der Waals surface area contributed by atoms with Crippen molar-refractivity contribution in [2.75, 3.05) is 0 Å². The summed E-state index contributed by atoms with van der Waals surface area (Å²) in [5, 5.41) is 9.89. The van der Waals surface area contributed by atoms with Gasteiger partial charge in [-0.1, -0.05) is 31.6 Å². The summed E-state index contributed by atoms with van der Waals surface area (Å²) in [5.74, 6) is 1.04. The lowest BCUT2D eigenvalue weighted by Crippen LogP contribution is -2.52. The van der Waals surface area contributed by atoms with Gasteiger partial charge < -0.3 is 5.11 Å². The van der Waals surface area contributed by atoms with E-state index in [1.165, 1.54) is 0 Å².